The highest BCUT2D eigenvalue weighted by atomic mass is 16.3. The van der Waals surface area contributed by atoms with Gasteiger partial charge in [0.25, 0.3) is 0 Å². The lowest BCUT2D eigenvalue weighted by Gasteiger charge is -2.46. The van der Waals surface area contributed by atoms with Crippen LogP contribution in [-0.4, -0.2) is 47.2 Å². The Bertz CT molecular complexity index is 1330. The van der Waals surface area contributed by atoms with Gasteiger partial charge < -0.3 is 15.7 Å². The van der Waals surface area contributed by atoms with Crippen LogP contribution in [-0.2, 0) is 7.05 Å². The maximum Gasteiger partial charge on any atom is 0.242 e. The van der Waals surface area contributed by atoms with Gasteiger partial charge in [-0.1, -0.05) is 12.1 Å². The molecule has 0 unspecified atom stereocenters. The van der Waals surface area contributed by atoms with E-state index in [1.165, 1.54) is 0 Å². The Kier molecular flexibility index (Phi) is 5.28. The molecule has 2 aromatic heterocycles. The van der Waals surface area contributed by atoms with Gasteiger partial charge in [0.05, 0.1) is 17.9 Å². The highest BCUT2D eigenvalue weighted by Gasteiger charge is 2.37. The molecular weight excluding hydrogens is 426 g/mol. The molecule has 0 spiro atoms. The van der Waals surface area contributed by atoms with Gasteiger partial charge in [-0.3, -0.25) is 4.68 Å². The topological polar surface area (TPSA) is 101 Å². The van der Waals surface area contributed by atoms with Gasteiger partial charge in [0.2, 0.25) is 5.95 Å². The van der Waals surface area contributed by atoms with E-state index in [9.17, 15) is 5.11 Å². The summed E-state index contributed by atoms with van der Waals surface area (Å²) in [7, 11) is 1.92. The Morgan fingerprint density at radius 1 is 0.971 bits per heavy atom. The first-order valence-electron chi connectivity index (χ1n) is 11.6. The highest BCUT2D eigenvalue weighted by Crippen LogP contribution is 2.34. The van der Waals surface area contributed by atoms with E-state index in [-0.39, 0.29) is 22.9 Å². The molecule has 4 aromatic rings. The maximum atomic E-state index is 10.7. The molecule has 1 saturated heterocycles. The summed E-state index contributed by atoms with van der Waals surface area (Å²) in [6, 6.07) is 12.0. The number of fused-ring (bicyclic) bond motifs is 1. The largest absolute Gasteiger partial charge is 0.507 e. The van der Waals surface area contributed by atoms with Crippen LogP contribution < -0.4 is 10.6 Å². The van der Waals surface area contributed by atoms with E-state index in [0.29, 0.717) is 17.2 Å². The first-order valence-corrected chi connectivity index (χ1v) is 11.6. The second-order valence-corrected chi connectivity index (χ2v) is 10.6. The lowest BCUT2D eigenvalue weighted by Crippen LogP contribution is -2.60. The van der Waals surface area contributed by atoms with Crippen molar-refractivity contribution >= 4 is 16.9 Å². The summed E-state index contributed by atoms with van der Waals surface area (Å²) < 4.78 is 1.84. The number of benzene rings is 2. The molecule has 0 amide bonds. The Morgan fingerprint density at radius 2 is 1.68 bits per heavy atom. The van der Waals surface area contributed by atoms with Gasteiger partial charge in [-0.25, -0.2) is 4.98 Å². The maximum absolute atomic E-state index is 10.7. The Morgan fingerprint density at radius 3 is 2.35 bits per heavy atom. The SMILES string of the molecule is Cn1ncc2cc(-c3ccc(-c4cnc(NC5CC(C)(C)NC(C)(C)C5)nn4)c(O)c3)ccc21. The van der Waals surface area contributed by atoms with E-state index in [1.807, 2.05) is 42.2 Å². The third kappa shape index (κ3) is 4.46. The van der Waals surface area contributed by atoms with Gasteiger partial charge in [0, 0.05) is 35.1 Å². The van der Waals surface area contributed by atoms with Crippen LogP contribution in [0, 0.1) is 0 Å². The second kappa shape index (κ2) is 8.06. The lowest BCUT2D eigenvalue weighted by atomic mass is 9.80. The van der Waals surface area contributed by atoms with Crippen LogP contribution in [0.3, 0.4) is 0 Å². The minimum absolute atomic E-state index is 0.0296. The van der Waals surface area contributed by atoms with Crippen molar-refractivity contribution in [3.05, 3.63) is 48.8 Å². The van der Waals surface area contributed by atoms with Crippen molar-refractivity contribution in [2.24, 2.45) is 7.05 Å². The highest BCUT2D eigenvalue weighted by molar-refractivity contribution is 5.85. The van der Waals surface area contributed by atoms with Crippen LogP contribution in [0.4, 0.5) is 5.95 Å². The zero-order valence-electron chi connectivity index (χ0n) is 20.3. The van der Waals surface area contributed by atoms with Crippen molar-refractivity contribution in [2.45, 2.75) is 57.7 Å². The Hall–Kier alpha value is -3.52. The van der Waals surface area contributed by atoms with E-state index < -0.39 is 0 Å². The first kappa shape index (κ1) is 22.3. The van der Waals surface area contributed by atoms with Crippen LogP contribution >= 0.6 is 0 Å². The number of hydrogen-bond donors (Lipinski definition) is 3. The Balaban J connectivity index is 1.34. The average Bonchev–Trinajstić information content (AvgIpc) is 3.12. The first-order chi connectivity index (χ1) is 16.1. The van der Waals surface area contributed by atoms with Crippen molar-refractivity contribution in [3.8, 4) is 28.1 Å². The normalized spacial score (nSPS) is 17.7. The van der Waals surface area contributed by atoms with Crippen molar-refractivity contribution in [1.29, 1.82) is 0 Å². The van der Waals surface area contributed by atoms with Crippen LogP contribution in [0.25, 0.3) is 33.3 Å². The van der Waals surface area contributed by atoms with Crippen LogP contribution in [0.5, 0.6) is 5.75 Å². The zero-order chi connectivity index (χ0) is 24.1. The lowest BCUT2D eigenvalue weighted by molar-refractivity contribution is 0.170. The molecule has 0 aliphatic carbocycles. The molecule has 0 radical (unpaired) electrons. The number of piperidine rings is 1. The molecule has 3 heterocycles. The molecule has 3 N–H and O–H groups in total. The summed E-state index contributed by atoms with van der Waals surface area (Å²) in [6.45, 7) is 8.86. The molecule has 0 atom stereocenters. The minimum Gasteiger partial charge on any atom is -0.507 e. The predicted octanol–water partition coefficient (Wildman–Crippen LogP) is 4.52. The van der Waals surface area contributed by atoms with Gasteiger partial charge in [0.15, 0.2) is 0 Å². The summed E-state index contributed by atoms with van der Waals surface area (Å²) in [4.78, 5) is 4.48. The molecule has 5 rings (SSSR count). The van der Waals surface area contributed by atoms with E-state index in [0.717, 1.165) is 34.9 Å². The van der Waals surface area contributed by atoms with Gasteiger partial charge in [-0.2, -0.15) is 5.10 Å². The average molecular weight is 458 g/mol. The van der Waals surface area contributed by atoms with Crippen molar-refractivity contribution in [3.63, 3.8) is 0 Å². The van der Waals surface area contributed by atoms with Gasteiger partial charge in [-0.15, -0.1) is 10.2 Å². The number of hydrogen-bond acceptors (Lipinski definition) is 7. The number of aromatic hydroxyl groups is 1. The molecule has 8 heteroatoms. The van der Waals surface area contributed by atoms with E-state index in [1.54, 1.807) is 12.3 Å². The summed E-state index contributed by atoms with van der Waals surface area (Å²) in [5, 5.41) is 31.8. The molecule has 2 aromatic carbocycles. The van der Waals surface area contributed by atoms with Crippen molar-refractivity contribution in [2.75, 3.05) is 5.32 Å². The number of aromatic nitrogens is 5. The van der Waals surface area contributed by atoms with Crippen LogP contribution in [0.2, 0.25) is 0 Å². The zero-order valence-corrected chi connectivity index (χ0v) is 20.3. The molecule has 34 heavy (non-hydrogen) atoms. The molecular formula is C26H31N7O. The number of phenols is 1. The van der Waals surface area contributed by atoms with Gasteiger partial charge in [-0.05, 0) is 75.9 Å². The third-order valence-corrected chi connectivity index (χ3v) is 6.44. The smallest absolute Gasteiger partial charge is 0.242 e. The standard InChI is InChI=1S/C26H31N7O/c1-25(2)12-19(13-26(3,4)32-25)29-24-27-15-21(30-31-24)20-8-6-17(11-23(20)34)16-7-9-22-18(10-16)14-28-33(22)5/h6-11,14-15,19,32,34H,12-13H2,1-5H3,(H,27,29,31). The van der Waals surface area contributed by atoms with Gasteiger partial charge >= 0.3 is 0 Å². The summed E-state index contributed by atoms with van der Waals surface area (Å²) >= 11 is 0. The number of nitrogens with zero attached hydrogens (tertiary/aromatic N) is 5. The summed E-state index contributed by atoms with van der Waals surface area (Å²) in [5.74, 6) is 0.644. The quantitative estimate of drug-likeness (QED) is 0.414. The molecule has 1 aliphatic rings. The minimum atomic E-state index is 0.0296. The molecule has 176 valence electrons. The fourth-order valence-electron chi connectivity index (χ4n) is 5.34. The number of rotatable bonds is 4. The number of aryl methyl sites for hydroxylation is 1. The third-order valence-electron chi connectivity index (χ3n) is 6.44. The van der Waals surface area contributed by atoms with Gasteiger partial charge in [0.1, 0.15) is 11.4 Å². The Labute approximate surface area is 199 Å². The fraction of sp³-hybridized carbons (Fsp3) is 0.385. The predicted molar refractivity (Wildman–Crippen MR) is 135 cm³/mol. The van der Waals surface area contributed by atoms with E-state index >= 15 is 0 Å². The van der Waals surface area contributed by atoms with Crippen molar-refractivity contribution < 1.29 is 5.11 Å². The monoisotopic (exact) mass is 457 g/mol. The van der Waals surface area contributed by atoms with Crippen molar-refractivity contribution in [1.82, 2.24) is 30.3 Å². The van der Waals surface area contributed by atoms with Crippen LogP contribution in [0.1, 0.15) is 40.5 Å². The molecule has 1 aliphatic heterocycles. The number of anilines is 1. The summed E-state index contributed by atoms with van der Waals surface area (Å²) in [6.07, 6.45) is 5.43. The van der Waals surface area contributed by atoms with E-state index in [4.69, 9.17) is 0 Å². The molecule has 1 fully saturated rings. The molecule has 8 nitrogen and oxygen atoms in total. The second-order valence-electron chi connectivity index (χ2n) is 10.6. The molecule has 0 saturated carbocycles. The van der Waals surface area contributed by atoms with E-state index in [2.05, 4.69) is 64.7 Å². The van der Waals surface area contributed by atoms with Crippen LogP contribution in [0.15, 0.2) is 48.8 Å². The number of nitrogens with one attached hydrogen (secondary N) is 2. The molecule has 0 bridgehead atoms. The summed E-state index contributed by atoms with van der Waals surface area (Å²) in [5.41, 5.74) is 4.19. The fourth-order valence-corrected chi connectivity index (χ4v) is 5.34. The number of phenolic OH excluding ortho intramolecular Hbond substituents is 1.